The zero-order chi connectivity index (χ0) is 33.9. The van der Waals surface area contributed by atoms with Crippen LogP contribution in [0.5, 0.6) is 11.5 Å². The summed E-state index contributed by atoms with van der Waals surface area (Å²) in [5.41, 5.74) is -0.170. The number of amides is 3. The zero-order valence-electron chi connectivity index (χ0n) is 29.3. The minimum absolute atomic E-state index is 0.101. The van der Waals surface area contributed by atoms with Crippen LogP contribution in [-0.2, 0) is 19.0 Å². The lowest BCUT2D eigenvalue weighted by Crippen LogP contribution is -2.58. The van der Waals surface area contributed by atoms with Gasteiger partial charge in [-0.3, -0.25) is 9.59 Å². The molecule has 11 heteroatoms. The second-order valence-electron chi connectivity index (χ2n) is 13.6. The molecule has 2 fully saturated rings. The SMILES string of the molecule is COCCCOc1cc(C(=O)N(C(C)C)[C@@H]2CC[C@H](CCN(C(=O)CCCOC)C3CC3)N(C(=O)OC(C)(C)C)C2)ccc1OC. The van der Waals surface area contributed by atoms with Gasteiger partial charge in [0.25, 0.3) is 5.91 Å². The van der Waals surface area contributed by atoms with Crippen molar-refractivity contribution in [1.82, 2.24) is 14.7 Å². The molecule has 1 saturated carbocycles. The highest BCUT2D eigenvalue weighted by Crippen LogP contribution is 2.33. The monoisotopic (exact) mass is 647 g/mol. The van der Waals surface area contributed by atoms with Gasteiger partial charge in [-0.15, -0.1) is 0 Å². The Morgan fingerprint density at radius 2 is 1.59 bits per heavy atom. The van der Waals surface area contributed by atoms with Crippen molar-refractivity contribution >= 4 is 17.9 Å². The van der Waals surface area contributed by atoms with Gasteiger partial charge in [-0.1, -0.05) is 0 Å². The molecule has 1 saturated heterocycles. The van der Waals surface area contributed by atoms with Crippen LogP contribution in [0, 0.1) is 0 Å². The van der Waals surface area contributed by atoms with E-state index in [4.69, 9.17) is 23.7 Å². The first-order valence-corrected chi connectivity index (χ1v) is 16.8. The van der Waals surface area contributed by atoms with Crippen molar-refractivity contribution in [2.45, 2.75) is 116 Å². The molecule has 1 aromatic rings. The molecular weight excluding hydrogens is 590 g/mol. The smallest absolute Gasteiger partial charge is 0.410 e. The second kappa shape index (κ2) is 17.8. The summed E-state index contributed by atoms with van der Waals surface area (Å²) in [4.78, 5) is 46.4. The van der Waals surface area contributed by atoms with Gasteiger partial charge in [0.05, 0.1) is 19.8 Å². The van der Waals surface area contributed by atoms with Crippen LogP contribution in [0.4, 0.5) is 4.79 Å². The summed E-state index contributed by atoms with van der Waals surface area (Å²) in [6.07, 6.45) is 5.62. The van der Waals surface area contributed by atoms with Crippen LogP contribution in [0.3, 0.4) is 0 Å². The Hall–Kier alpha value is -3.05. The van der Waals surface area contributed by atoms with Crippen LogP contribution in [0.25, 0.3) is 0 Å². The van der Waals surface area contributed by atoms with E-state index >= 15 is 0 Å². The van der Waals surface area contributed by atoms with Crippen molar-refractivity contribution in [1.29, 1.82) is 0 Å². The lowest BCUT2D eigenvalue weighted by molar-refractivity contribution is -0.132. The molecule has 0 spiro atoms. The highest BCUT2D eigenvalue weighted by atomic mass is 16.6. The molecule has 11 nitrogen and oxygen atoms in total. The van der Waals surface area contributed by atoms with E-state index in [1.807, 2.05) is 44.4 Å². The average Bonchev–Trinajstić information content (AvgIpc) is 3.84. The standard InChI is InChI=1S/C35H57N3O8/c1-25(2)38(33(40)26-12-17-30(44-8)31(23-26)45-22-10-21-43-7)29-16-15-28(37(24-29)34(41)46-35(3,4)5)18-19-36(27-13-14-27)32(39)11-9-20-42-6/h12,17,23,25,27-29H,9-11,13-16,18-22,24H2,1-8H3/t28-,29-/m1/s1. The number of nitrogens with zero attached hydrogens (tertiary/aromatic N) is 3. The number of carbonyl (C=O) groups excluding carboxylic acids is 3. The number of hydrogen-bond acceptors (Lipinski definition) is 8. The number of rotatable bonds is 17. The lowest BCUT2D eigenvalue weighted by Gasteiger charge is -2.45. The highest BCUT2D eigenvalue weighted by molar-refractivity contribution is 5.95. The van der Waals surface area contributed by atoms with Gasteiger partial charge in [0.1, 0.15) is 5.60 Å². The molecule has 1 aliphatic heterocycles. The molecule has 3 amide bonds. The van der Waals surface area contributed by atoms with Crippen molar-refractivity contribution in [2.24, 2.45) is 0 Å². The molecule has 1 heterocycles. The minimum Gasteiger partial charge on any atom is -0.493 e. The van der Waals surface area contributed by atoms with Gasteiger partial charge in [0.2, 0.25) is 5.91 Å². The van der Waals surface area contributed by atoms with Crippen molar-refractivity contribution in [3.05, 3.63) is 23.8 Å². The van der Waals surface area contributed by atoms with E-state index in [0.717, 1.165) is 19.3 Å². The third-order valence-electron chi connectivity index (χ3n) is 8.40. The Bertz CT molecular complexity index is 1130. The molecular formula is C35H57N3O8. The first-order chi connectivity index (χ1) is 21.9. The molecule has 2 atom stereocenters. The van der Waals surface area contributed by atoms with Gasteiger partial charge in [-0.25, -0.2) is 4.79 Å². The van der Waals surface area contributed by atoms with Crippen molar-refractivity contribution in [2.75, 3.05) is 54.2 Å². The normalized spacial score (nSPS) is 18.3. The molecule has 0 N–H and O–H groups in total. The second-order valence-corrected chi connectivity index (χ2v) is 13.6. The third kappa shape index (κ3) is 11.0. The van der Waals surface area contributed by atoms with Crippen LogP contribution < -0.4 is 9.47 Å². The molecule has 0 bridgehead atoms. The van der Waals surface area contributed by atoms with Crippen LogP contribution >= 0.6 is 0 Å². The molecule has 1 aromatic carbocycles. The quantitative estimate of drug-likeness (QED) is 0.203. The summed E-state index contributed by atoms with van der Waals surface area (Å²) in [6, 6.07) is 5.11. The van der Waals surface area contributed by atoms with Gasteiger partial charge in [0, 0.05) is 77.1 Å². The Balaban J connectivity index is 1.79. The molecule has 2 aliphatic rings. The number of likely N-dealkylation sites (tertiary alicyclic amines) is 1. The van der Waals surface area contributed by atoms with Gasteiger partial charge >= 0.3 is 6.09 Å². The van der Waals surface area contributed by atoms with Crippen molar-refractivity contribution in [3.8, 4) is 11.5 Å². The first-order valence-electron chi connectivity index (χ1n) is 16.8. The maximum atomic E-state index is 14.1. The number of carbonyl (C=O) groups is 3. The number of ether oxygens (including phenoxy) is 5. The maximum Gasteiger partial charge on any atom is 0.410 e. The van der Waals surface area contributed by atoms with Crippen LogP contribution in [0.1, 0.15) is 96.3 Å². The Labute approximate surface area is 275 Å². The molecule has 260 valence electrons. The molecule has 0 radical (unpaired) electrons. The molecule has 1 aliphatic carbocycles. The Kier molecular flexibility index (Phi) is 14.4. The first kappa shape index (κ1) is 37.4. The van der Waals surface area contributed by atoms with Crippen LogP contribution in [0.2, 0.25) is 0 Å². The van der Waals surface area contributed by atoms with E-state index in [-0.39, 0.29) is 42.1 Å². The van der Waals surface area contributed by atoms with E-state index in [2.05, 4.69) is 0 Å². The summed E-state index contributed by atoms with van der Waals surface area (Å²) in [5, 5.41) is 0. The predicted octanol–water partition coefficient (Wildman–Crippen LogP) is 5.54. The van der Waals surface area contributed by atoms with Gasteiger partial charge in [-0.05, 0) is 91.3 Å². The average molecular weight is 648 g/mol. The van der Waals surface area contributed by atoms with E-state index < -0.39 is 5.60 Å². The molecule has 3 rings (SSSR count). The Morgan fingerprint density at radius 3 is 2.20 bits per heavy atom. The van der Waals surface area contributed by atoms with E-state index in [1.165, 1.54) is 0 Å². The van der Waals surface area contributed by atoms with Crippen LogP contribution in [-0.4, -0.2) is 117 Å². The number of hydrogen-bond donors (Lipinski definition) is 0. The summed E-state index contributed by atoms with van der Waals surface area (Å²) in [5.74, 6) is 1.08. The fourth-order valence-corrected chi connectivity index (χ4v) is 6.05. The highest BCUT2D eigenvalue weighted by Gasteiger charge is 2.40. The number of methoxy groups -OCH3 is 3. The summed E-state index contributed by atoms with van der Waals surface area (Å²) in [6.45, 7) is 12.1. The maximum absolute atomic E-state index is 14.1. The van der Waals surface area contributed by atoms with E-state index in [9.17, 15) is 14.4 Å². The topological polar surface area (TPSA) is 107 Å². The summed E-state index contributed by atoms with van der Waals surface area (Å²) < 4.78 is 27.6. The predicted molar refractivity (Wildman–Crippen MR) is 176 cm³/mol. The lowest BCUT2D eigenvalue weighted by atomic mass is 9.93. The van der Waals surface area contributed by atoms with Crippen molar-refractivity contribution in [3.63, 3.8) is 0 Å². The Morgan fingerprint density at radius 1 is 0.913 bits per heavy atom. The van der Waals surface area contributed by atoms with E-state index in [1.54, 1.807) is 44.4 Å². The fourth-order valence-electron chi connectivity index (χ4n) is 6.05. The van der Waals surface area contributed by atoms with Gasteiger partial charge in [-0.2, -0.15) is 0 Å². The fraction of sp³-hybridized carbons (Fsp3) is 0.743. The van der Waals surface area contributed by atoms with Gasteiger partial charge in [0.15, 0.2) is 11.5 Å². The summed E-state index contributed by atoms with van der Waals surface area (Å²) >= 11 is 0. The molecule has 0 unspecified atom stereocenters. The van der Waals surface area contributed by atoms with E-state index in [0.29, 0.717) is 82.1 Å². The summed E-state index contributed by atoms with van der Waals surface area (Å²) in [7, 11) is 4.87. The third-order valence-corrected chi connectivity index (χ3v) is 8.40. The molecule has 46 heavy (non-hydrogen) atoms. The molecule has 0 aromatic heterocycles. The zero-order valence-corrected chi connectivity index (χ0v) is 29.3. The van der Waals surface area contributed by atoms with Crippen LogP contribution in [0.15, 0.2) is 18.2 Å². The minimum atomic E-state index is -0.664. The van der Waals surface area contributed by atoms with Gasteiger partial charge < -0.3 is 38.4 Å². The number of benzene rings is 1. The number of piperidine rings is 1. The largest absolute Gasteiger partial charge is 0.493 e. The van der Waals surface area contributed by atoms with Crippen molar-refractivity contribution < 1.29 is 38.1 Å².